The van der Waals surface area contributed by atoms with Crippen molar-refractivity contribution in [2.45, 2.75) is 20.3 Å². The molecule has 0 aromatic heterocycles. The minimum absolute atomic E-state index is 0.0597. The molecule has 0 aliphatic carbocycles. The molecule has 0 aliphatic heterocycles. The number of benzene rings is 1. The van der Waals surface area contributed by atoms with E-state index in [0.29, 0.717) is 12.5 Å². The van der Waals surface area contributed by atoms with Crippen molar-refractivity contribution in [3.8, 4) is 5.75 Å². The third kappa shape index (κ3) is 4.82. The first kappa shape index (κ1) is 14.0. The van der Waals surface area contributed by atoms with Crippen LogP contribution in [0, 0.1) is 16.0 Å². The van der Waals surface area contributed by atoms with Crippen LogP contribution in [0.2, 0.25) is 0 Å². The Morgan fingerprint density at radius 2 is 1.94 bits per heavy atom. The third-order valence-electron chi connectivity index (χ3n) is 2.16. The molecule has 18 heavy (non-hydrogen) atoms. The molecule has 0 fully saturated rings. The van der Waals surface area contributed by atoms with Gasteiger partial charge in [0.25, 0.3) is 5.69 Å². The highest BCUT2D eigenvalue weighted by Crippen LogP contribution is 2.17. The molecule has 6 nitrogen and oxygen atoms in total. The van der Waals surface area contributed by atoms with Crippen LogP contribution in [0.25, 0.3) is 0 Å². The van der Waals surface area contributed by atoms with Crippen LogP contribution in [0.1, 0.15) is 20.3 Å². The molecule has 0 unspecified atom stereocenters. The molecule has 0 atom stereocenters. The van der Waals surface area contributed by atoms with Crippen LogP contribution in [0.5, 0.6) is 5.75 Å². The molecule has 0 N–H and O–H groups in total. The van der Waals surface area contributed by atoms with Gasteiger partial charge in [-0.2, -0.15) is 0 Å². The smallest absolute Gasteiger partial charge is 0.434 e. The monoisotopic (exact) mass is 253 g/mol. The SMILES string of the molecule is CC(C)CCOC(=O)Oc1ccc([N+](=O)[O-])cc1. The van der Waals surface area contributed by atoms with Gasteiger partial charge in [0.1, 0.15) is 5.75 Å². The number of carbonyl (C=O) groups excluding carboxylic acids is 1. The Morgan fingerprint density at radius 1 is 1.33 bits per heavy atom. The number of carbonyl (C=O) groups is 1. The second-order valence-corrected chi connectivity index (χ2v) is 4.13. The number of nitro benzene ring substituents is 1. The lowest BCUT2D eigenvalue weighted by molar-refractivity contribution is -0.384. The minimum atomic E-state index is -0.801. The number of nitrogens with zero attached hydrogens (tertiary/aromatic N) is 1. The molecule has 0 saturated carbocycles. The van der Waals surface area contributed by atoms with Crippen LogP contribution in [0.4, 0.5) is 10.5 Å². The standard InChI is InChI=1S/C12H15NO5/c1-9(2)7-8-17-12(14)18-11-5-3-10(4-6-11)13(15)16/h3-6,9H,7-8H2,1-2H3. The molecule has 6 heteroatoms. The highest BCUT2D eigenvalue weighted by Gasteiger charge is 2.09. The Hall–Kier alpha value is -2.11. The Kier molecular flexibility index (Phi) is 5.10. The van der Waals surface area contributed by atoms with E-state index in [2.05, 4.69) is 0 Å². The number of rotatable bonds is 5. The summed E-state index contributed by atoms with van der Waals surface area (Å²) in [6.45, 7) is 4.33. The molecule has 98 valence electrons. The molecule has 1 rings (SSSR count). The van der Waals surface area contributed by atoms with E-state index >= 15 is 0 Å². The number of nitro groups is 1. The summed E-state index contributed by atoms with van der Waals surface area (Å²) in [5, 5.41) is 10.4. The van der Waals surface area contributed by atoms with Gasteiger partial charge in [0.05, 0.1) is 11.5 Å². The summed E-state index contributed by atoms with van der Waals surface area (Å²) >= 11 is 0. The van der Waals surface area contributed by atoms with Crippen molar-refractivity contribution < 1.29 is 19.2 Å². The predicted octanol–water partition coefficient (Wildman–Crippen LogP) is 3.16. The first-order valence-corrected chi connectivity index (χ1v) is 5.58. The molecule has 0 radical (unpaired) electrons. The van der Waals surface area contributed by atoms with Gasteiger partial charge in [-0.1, -0.05) is 13.8 Å². The van der Waals surface area contributed by atoms with E-state index in [0.717, 1.165) is 6.42 Å². The first-order chi connectivity index (χ1) is 8.49. The van der Waals surface area contributed by atoms with Gasteiger partial charge in [-0.3, -0.25) is 10.1 Å². The third-order valence-corrected chi connectivity index (χ3v) is 2.16. The maximum Gasteiger partial charge on any atom is 0.513 e. The van der Waals surface area contributed by atoms with Crippen LogP contribution in [-0.2, 0) is 4.74 Å². The molecular formula is C12H15NO5. The lowest BCUT2D eigenvalue weighted by atomic mass is 10.1. The van der Waals surface area contributed by atoms with Gasteiger partial charge in [-0.15, -0.1) is 0 Å². The minimum Gasteiger partial charge on any atom is -0.434 e. The van der Waals surface area contributed by atoms with E-state index in [1.165, 1.54) is 24.3 Å². The van der Waals surface area contributed by atoms with Gasteiger partial charge in [0.15, 0.2) is 0 Å². The van der Waals surface area contributed by atoms with Crippen molar-refractivity contribution in [3.05, 3.63) is 34.4 Å². The Morgan fingerprint density at radius 3 is 2.44 bits per heavy atom. The number of non-ortho nitro benzene ring substituents is 1. The maximum absolute atomic E-state index is 11.2. The molecule has 0 heterocycles. The van der Waals surface area contributed by atoms with Crippen molar-refractivity contribution in [2.75, 3.05) is 6.61 Å². The topological polar surface area (TPSA) is 78.7 Å². The summed E-state index contributed by atoms with van der Waals surface area (Å²) in [5.41, 5.74) is -0.0597. The molecule has 0 amide bonds. The van der Waals surface area contributed by atoms with Crippen molar-refractivity contribution in [1.82, 2.24) is 0 Å². The molecule has 0 spiro atoms. The van der Waals surface area contributed by atoms with E-state index in [1.807, 2.05) is 13.8 Å². The number of ether oxygens (including phenoxy) is 2. The number of hydrogen-bond acceptors (Lipinski definition) is 5. The highest BCUT2D eigenvalue weighted by molar-refractivity contribution is 5.63. The summed E-state index contributed by atoms with van der Waals surface area (Å²) in [7, 11) is 0. The fraction of sp³-hybridized carbons (Fsp3) is 0.417. The van der Waals surface area contributed by atoms with Crippen molar-refractivity contribution in [2.24, 2.45) is 5.92 Å². The second kappa shape index (κ2) is 6.58. The van der Waals surface area contributed by atoms with Crippen LogP contribution < -0.4 is 4.74 Å². The molecule has 0 bridgehead atoms. The van der Waals surface area contributed by atoms with Crippen molar-refractivity contribution >= 4 is 11.8 Å². The fourth-order valence-corrected chi connectivity index (χ4v) is 1.14. The van der Waals surface area contributed by atoms with Gasteiger partial charge >= 0.3 is 6.16 Å². The zero-order chi connectivity index (χ0) is 13.5. The van der Waals surface area contributed by atoms with Crippen LogP contribution >= 0.6 is 0 Å². The Balaban J connectivity index is 2.42. The molecule has 1 aromatic carbocycles. The number of hydrogen-bond donors (Lipinski definition) is 0. The lowest BCUT2D eigenvalue weighted by Gasteiger charge is -2.07. The van der Waals surface area contributed by atoms with E-state index in [1.54, 1.807) is 0 Å². The summed E-state index contributed by atoms with van der Waals surface area (Å²) in [6.07, 6.45) is -0.0421. The Bertz CT molecular complexity index is 413. The fourth-order valence-electron chi connectivity index (χ4n) is 1.14. The van der Waals surface area contributed by atoms with Gasteiger partial charge in [-0.05, 0) is 24.5 Å². The molecular weight excluding hydrogens is 238 g/mol. The lowest BCUT2D eigenvalue weighted by Crippen LogP contribution is -2.12. The van der Waals surface area contributed by atoms with Crippen molar-refractivity contribution in [1.29, 1.82) is 0 Å². The quantitative estimate of drug-likeness (QED) is 0.348. The average Bonchev–Trinajstić information content (AvgIpc) is 2.29. The van der Waals surface area contributed by atoms with E-state index in [9.17, 15) is 14.9 Å². The second-order valence-electron chi connectivity index (χ2n) is 4.13. The predicted molar refractivity (Wildman–Crippen MR) is 64.5 cm³/mol. The molecule has 1 aromatic rings. The van der Waals surface area contributed by atoms with Crippen LogP contribution in [0.3, 0.4) is 0 Å². The summed E-state index contributed by atoms with van der Waals surface area (Å²) < 4.78 is 9.69. The molecule has 0 saturated heterocycles. The van der Waals surface area contributed by atoms with E-state index < -0.39 is 11.1 Å². The summed E-state index contributed by atoms with van der Waals surface area (Å²) in [5.74, 6) is 0.660. The van der Waals surface area contributed by atoms with Gasteiger partial charge in [-0.25, -0.2) is 4.79 Å². The van der Waals surface area contributed by atoms with Crippen LogP contribution in [0.15, 0.2) is 24.3 Å². The summed E-state index contributed by atoms with van der Waals surface area (Å²) in [4.78, 5) is 21.1. The largest absolute Gasteiger partial charge is 0.513 e. The van der Waals surface area contributed by atoms with Crippen LogP contribution in [-0.4, -0.2) is 17.7 Å². The van der Waals surface area contributed by atoms with E-state index in [-0.39, 0.29) is 11.4 Å². The average molecular weight is 253 g/mol. The summed E-state index contributed by atoms with van der Waals surface area (Å²) in [6, 6.07) is 5.22. The zero-order valence-electron chi connectivity index (χ0n) is 10.3. The van der Waals surface area contributed by atoms with E-state index in [4.69, 9.17) is 9.47 Å². The maximum atomic E-state index is 11.2. The van der Waals surface area contributed by atoms with Gasteiger partial charge < -0.3 is 9.47 Å². The highest BCUT2D eigenvalue weighted by atomic mass is 16.7. The van der Waals surface area contributed by atoms with Gasteiger partial charge in [0.2, 0.25) is 0 Å². The van der Waals surface area contributed by atoms with Gasteiger partial charge in [0, 0.05) is 12.1 Å². The first-order valence-electron chi connectivity index (χ1n) is 5.58. The normalized spacial score (nSPS) is 10.2. The Labute approximate surface area is 105 Å². The zero-order valence-corrected chi connectivity index (χ0v) is 10.3. The molecule has 0 aliphatic rings. The van der Waals surface area contributed by atoms with Crippen molar-refractivity contribution in [3.63, 3.8) is 0 Å².